The van der Waals surface area contributed by atoms with Crippen molar-refractivity contribution in [1.82, 2.24) is 29.8 Å². The lowest BCUT2D eigenvalue weighted by Crippen LogP contribution is -2.23. The minimum atomic E-state index is -3.74. The monoisotopic (exact) mass is 386 g/mol. The van der Waals surface area contributed by atoms with E-state index in [2.05, 4.69) is 25.1 Å². The predicted octanol–water partition coefficient (Wildman–Crippen LogP) is 1.70. The van der Waals surface area contributed by atoms with Crippen LogP contribution in [0.1, 0.15) is 11.7 Å². The lowest BCUT2D eigenvalue weighted by Gasteiger charge is -2.06. The highest BCUT2D eigenvalue weighted by Gasteiger charge is 2.17. The van der Waals surface area contributed by atoms with Gasteiger partial charge < -0.3 is 9.05 Å². The van der Waals surface area contributed by atoms with Gasteiger partial charge in [-0.3, -0.25) is 0 Å². The van der Waals surface area contributed by atoms with Crippen molar-refractivity contribution in [3.8, 4) is 17.2 Å². The van der Waals surface area contributed by atoms with E-state index in [-0.39, 0.29) is 23.2 Å². The van der Waals surface area contributed by atoms with E-state index in [0.717, 1.165) is 5.69 Å². The van der Waals surface area contributed by atoms with Gasteiger partial charge in [0.15, 0.2) is 5.69 Å². The van der Waals surface area contributed by atoms with E-state index in [0.29, 0.717) is 11.5 Å². The molecule has 4 rings (SSSR count). The third-order valence-corrected chi connectivity index (χ3v) is 5.07. The minimum absolute atomic E-state index is 0.113. The van der Waals surface area contributed by atoms with Gasteiger partial charge in [-0.1, -0.05) is 10.3 Å². The number of rotatable bonds is 6. The fourth-order valence-electron chi connectivity index (χ4n) is 2.34. The van der Waals surface area contributed by atoms with Crippen LogP contribution >= 0.6 is 0 Å². The Hall–Kier alpha value is -3.31. The summed E-state index contributed by atoms with van der Waals surface area (Å²) in [4.78, 5) is 4.22. The molecule has 1 N–H and O–H groups in total. The Morgan fingerprint density at radius 2 is 1.96 bits per heavy atom. The second-order valence-electron chi connectivity index (χ2n) is 5.60. The predicted molar refractivity (Wildman–Crippen MR) is 92.1 cm³/mol. The molecule has 0 unspecified atom stereocenters. The first-order valence-electron chi connectivity index (χ1n) is 7.87. The molecule has 0 bridgehead atoms. The number of aryl methyl sites for hydroxylation is 1. The quantitative estimate of drug-likeness (QED) is 0.530. The number of benzene rings is 1. The Labute approximate surface area is 153 Å². The molecule has 0 aliphatic carbocycles. The van der Waals surface area contributed by atoms with Gasteiger partial charge in [0.1, 0.15) is 5.76 Å². The molecule has 0 fully saturated rings. The number of nitrogens with zero attached hydrogens (tertiary/aromatic N) is 5. The van der Waals surface area contributed by atoms with Crippen LogP contribution in [-0.4, -0.2) is 33.5 Å². The largest absolute Gasteiger partial charge is 0.361 e. The molecule has 0 aliphatic rings. The van der Waals surface area contributed by atoms with Gasteiger partial charge in [0.25, 0.3) is 0 Å². The summed E-state index contributed by atoms with van der Waals surface area (Å²) >= 11 is 0. The number of hydrogen-bond acceptors (Lipinski definition) is 8. The Balaban J connectivity index is 1.45. The van der Waals surface area contributed by atoms with Crippen LogP contribution in [0.25, 0.3) is 17.2 Å². The first-order valence-corrected chi connectivity index (χ1v) is 9.36. The Kier molecular flexibility index (Phi) is 4.30. The lowest BCUT2D eigenvalue weighted by atomic mass is 10.3. The molecule has 0 spiro atoms. The zero-order chi connectivity index (χ0) is 18.9. The normalized spacial score (nSPS) is 11.7. The number of sulfonamides is 1. The van der Waals surface area contributed by atoms with E-state index < -0.39 is 10.0 Å². The molecule has 138 valence electrons. The van der Waals surface area contributed by atoms with Gasteiger partial charge in [-0.25, -0.2) is 17.8 Å². The molecular weight excluding hydrogens is 372 g/mol. The second kappa shape index (κ2) is 6.78. The highest BCUT2D eigenvalue weighted by molar-refractivity contribution is 7.89. The minimum Gasteiger partial charge on any atom is -0.361 e. The highest BCUT2D eigenvalue weighted by Crippen LogP contribution is 2.16. The maximum Gasteiger partial charge on any atom is 0.242 e. The van der Waals surface area contributed by atoms with Crippen molar-refractivity contribution in [1.29, 1.82) is 0 Å². The van der Waals surface area contributed by atoms with E-state index in [1.54, 1.807) is 48.3 Å². The zero-order valence-corrected chi connectivity index (χ0v) is 14.9. The van der Waals surface area contributed by atoms with Crippen LogP contribution in [0.15, 0.2) is 62.7 Å². The van der Waals surface area contributed by atoms with Crippen molar-refractivity contribution in [3.63, 3.8) is 0 Å². The molecule has 1 aromatic carbocycles. The zero-order valence-electron chi connectivity index (χ0n) is 14.1. The number of aromatic nitrogens is 5. The van der Waals surface area contributed by atoms with E-state index in [9.17, 15) is 8.42 Å². The van der Waals surface area contributed by atoms with Crippen molar-refractivity contribution in [2.24, 2.45) is 0 Å². The van der Waals surface area contributed by atoms with Gasteiger partial charge in [0.05, 0.1) is 17.1 Å². The average Bonchev–Trinajstić information content (AvgIpc) is 3.41. The number of hydrogen-bond donors (Lipinski definition) is 1. The summed E-state index contributed by atoms with van der Waals surface area (Å²) in [6, 6.07) is 9.76. The van der Waals surface area contributed by atoms with Gasteiger partial charge in [-0.15, -0.1) is 0 Å². The van der Waals surface area contributed by atoms with Crippen LogP contribution in [0.5, 0.6) is 0 Å². The smallest absolute Gasteiger partial charge is 0.242 e. The van der Waals surface area contributed by atoms with Crippen LogP contribution in [0, 0.1) is 6.92 Å². The molecule has 0 saturated heterocycles. The molecule has 3 heterocycles. The molecule has 0 radical (unpaired) electrons. The van der Waals surface area contributed by atoms with Crippen LogP contribution in [0.2, 0.25) is 0 Å². The maximum absolute atomic E-state index is 12.4. The van der Waals surface area contributed by atoms with Gasteiger partial charge >= 0.3 is 0 Å². The fourth-order valence-corrected chi connectivity index (χ4v) is 3.32. The summed E-state index contributed by atoms with van der Waals surface area (Å²) in [5.74, 6) is 0.947. The van der Waals surface area contributed by atoms with Crippen molar-refractivity contribution >= 4 is 10.0 Å². The Morgan fingerprint density at radius 1 is 1.15 bits per heavy atom. The van der Waals surface area contributed by atoms with Gasteiger partial charge in [-0.05, 0) is 37.3 Å². The van der Waals surface area contributed by atoms with Gasteiger partial charge in [-0.2, -0.15) is 10.1 Å². The molecule has 10 nitrogen and oxygen atoms in total. The Morgan fingerprint density at radius 3 is 2.63 bits per heavy atom. The summed E-state index contributed by atoms with van der Waals surface area (Å²) in [5.41, 5.74) is 1.17. The lowest BCUT2D eigenvalue weighted by molar-refractivity contribution is 0.374. The van der Waals surface area contributed by atoms with Gasteiger partial charge in [0, 0.05) is 18.5 Å². The second-order valence-corrected chi connectivity index (χ2v) is 7.37. The topological polar surface area (TPSA) is 129 Å². The average molecular weight is 386 g/mol. The van der Waals surface area contributed by atoms with E-state index in [4.69, 9.17) is 9.05 Å². The Bertz CT molecular complexity index is 1150. The molecule has 11 heteroatoms. The van der Waals surface area contributed by atoms with Crippen molar-refractivity contribution in [3.05, 3.63) is 60.4 Å². The molecule has 0 saturated carbocycles. The molecular formula is C16H14N6O4S. The van der Waals surface area contributed by atoms with E-state index in [1.165, 1.54) is 12.1 Å². The first-order chi connectivity index (χ1) is 13.0. The first kappa shape index (κ1) is 17.1. The third-order valence-electron chi connectivity index (χ3n) is 3.65. The molecule has 3 aromatic heterocycles. The van der Waals surface area contributed by atoms with E-state index >= 15 is 0 Å². The third kappa shape index (κ3) is 3.64. The highest BCUT2D eigenvalue weighted by atomic mass is 32.2. The molecule has 0 atom stereocenters. The summed E-state index contributed by atoms with van der Waals surface area (Å²) in [5, 5.41) is 11.6. The number of nitrogens with one attached hydrogen (secondary N) is 1. The fraction of sp³-hybridized carbons (Fsp3) is 0.125. The summed E-state index contributed by atoms with van der Waals surface area (Å²) in [6.45, 7) is 1.59. The van der Waals surface area contributed by atoms with Crippen molar-refractivity contribution in [2.45, 2.75) is 18.4 Å². The van der Waals surface area contributed by atoms with Crippen LogP contribution in [0.3, 0.4) is 0 Å². The summed E-state index contributed by atoms with van der Waals surface area (Å²) in [6.07, 6.45) is 3.41. The molecule has 4 aromatic rings. The van der Waals surface area contributed by atoms with E-state index in [1.807, 2.05) is 0 Å². The van der Waals surface area contributed by atoms with Crippen LogP contribution in [-0.2, 0) is 16.6 Å². The van der Waals surface area contributed by atoms with Crippen LogP contribution in [0.4, 0.5) is 0 Å². The molecule has 27 heavy (non-hydrogen) atoms. The van der Waals surface area contributed by atoms with Crippen molar-refractivity contribution < 1.29 is 17.5 Å². The SMILES string of the molecule is Cc1cc(-c2noc(CNS(=O)(=O)c3ccc(-n4cccn4)cc3)n2)no1. The molecule has 0 amide bonds. The standard InChI is InChI=1S/C16H14N6O4S/c1-11-9-14(20-25-11)16-19-15(26-21-16)10-18-27(23,24)13-5-3-12(4-6-13)22-8-2-7-17-22/h2-9,18H,10H2,1H3. The molecule has 0 aliphatic heterocycles. The summed E-state index contributed by atoms with van der Waals surface area (Å²) in [7, 11) is -3.74. The van der Waals surface area contributed by atoms with Crippen molar-refractivity contribution in [2.75, 3.05) is 0 Å². The van der Waals surface area contributed by atoms with Gasteiger partial charge in [0.2, 0.25) is 21.7 Å². The maximum atomic E-state index is 12.4. The van der Waals surface area contributed by atoms with Crippen LogP contribution < -0.4 is 4.72 Å². The summed E-state index contributed by atoms with van der Waals surface area (Å²) < 4.78 is 38.9.